The minimum absolute atomic E-state index is 0.164. The number of rotatable bonds is 0. The summed E-state index contributed by atoms with van der Waals surface area (Å²) in [4.78, 5) is 14.5. The third-order valence-corrected chi connectivity index (χ3v) is 1.58. The van der Waals surface area contributed by atoms with Crippen molar-refractivity contribution >= 4 is 5.82 Å². The Balaban J connectivity index is 0.000000336. The van der Waals surface area contributed by atoms with Crippen LogP contribution >= 0.6 is 0 Å². The molecule has 2 heterocycles. The molecule has 0 radical (unpaired) electrons. The Kier molecular flexibility index (Phi) is 2.85. The van der Waals surface area contributed by atoms with Gasteiger partial charge in [0.25, 0.3) is 0 Å². The summed E-state index contributed by atoms with van der Waals surface area (Å²) in [5.41, 5.74) is -0.164. The molecule has 4 nitrogen and oxygen atoms in total. The van der Waals surface area contributed by atoms with Gasteiger partial charge in [0.1, 0.15) is 5.82 Å². The Morgan fingerprint density at radius 2 is 2.33 bits per heavy atom. The molecule has 1 aliphatic heterocycles. The Labute approximate surface area is 71.3 Å². The van der Waals surface area contributed by atoms with Gasteiger partial charge in [0.15, 0.2) is 0 Å². The summed E-state index contributed by atoms with van der Waals surface area (Å²) in [5.74, 6) is 0.875. The third-order valence-electron chi connectivity index (χ3n) is 1.58. The minimum Gasteiger partial charge on any atom is -0.370 e. The highest BCUT2D eigenvalue weighted by molar-refractivity contribution is 5.36. The molecule has 0 fully saturated rings. The first kappa shape index (κ1) is 8.77. The minimum atomic E-state index is -0.164. The molecule has 0 saturated carbocycles. The number of anilines is 1. The largest absolute Gasteiger partial charge is 0.370 e. The Morgan fingerprint density at radius 1 is 1.58 bits per heavy atom. The van der Waals surface area contributed by atoms with E-state index < -0.39 is 0 Å². The maximum atomic E-state index is 10.9. The van der Waals surface area contributed by atoms with E-state index in [-0.39, 0.29) is 5.69 Å². The quantitative estimate of drug-likeness (QED) is 0.618. The summed E-state index contributed by atoms with van der Waals surface area (Å²) >= 11 is 0. The van der Waals surface area contributed by atoms with Crippen LogP contribution in [0.3, 0.4) is 0 Å². The van der Waals surface area contributed by atoms with Crippen molar-refractivity contribution in [2.24, 2.45) is 0 Å². The van der Waals surface area contributed by atoms with Crippen LogP contribution in [0, 0.1) is 0 Å². The van der Waals surface area contributed by atoms with E-state index in [4.69, 9.17) is 0 Å². The molecule has 0 spiro atoms. The van der Waals surface area contributed by atoms with Crippen molar-refractivity contribution in [3.63, 3.8) is 0 Å². The molecule has 0 saturated heterocycles. The maximum Gasteiger partial charge on any atom is 0.349 e. The van der Waals surface area contributed by atoms with Crippen LogP contribution < -0.4 is 11.0 Å². The molecule has 0 atom stereocenters. The van der Waals surface area contributed by atoms with Crippen molar-refractivity contribution in [2.75, 3.05) is 11.9 Å². The summed E-state index contributed by atoms with van der Waals surface area (Å²) in [6, 6.07) is 1.80. The molecule has 12 heavy (non-hydrogen) atoms. The van der Waals surface area contributed by atoms with Gasteiger partial charge >= 0.3 is 5.69 Å². The predicted molar refractivity (Wildman–Crippen MR) is 48.3 cm³/mol. The first-order valence-corrected chi connectivity index (χ1v) is 4.17. The van der Waals surface area contributed by atoms with Crippen LogP contribution in [0.1, 0.15) is 13.8 Å². The zero-order valence-corrected chi connectivity index (χ0v) is 7.37. The lowest BCUT2D eigenvalue weighted by atomic mass is 10.6. The monoisotopic (exact) mass is 167 g/mol. The van der Waals surface area contributed by atoms with E-state index in [2.05, 4.69) is 10.3 Å². The van der Waals surface area contributed by atoms with Gasteiger partial charge in [-0.15, -0.1) is 0 Å². The van der Waals surface area contributed by atoms with E-state index in [1.165, 1.54) is 6.20 Å². The molecule has 66 valence electrons. The zero-order chi connectivity index (χ0) is 8.97. The average molecular weight is 167 g/mol. The van der Waals surface area contributed by atoms with Gasteiger partial charge in [-0.2, -0.15) is 0 Å². The van der Waals surface area contributed by atoms with E-state index in [0.717, 1.165) is 18.9 Å². The lowest BCUT2D eigenvalue weighted by Crippen LogP contribution is -2.19. The van der Waals surface area contributed by atoms with Gasteiger partial charge in [0.2, 0.25) is 0 Å². The van der Waals surface area contributed by atoms with E-state index in [9.17, 15) is 4.79 Å². The standard InChI is InChI=1S/C6H7N3O.C2H6/c10-6-8-2-1-5-7-3-4-9(5)6;1-2/h1-2,7H,3-4H2;1-2H3. The molecular formula is C8H13N3O. The lowest BCUT2D eigenvalue weighted by Gasteiger charge is -1.96. The predicted octanol–water partition coefficient (Wildman–Crippen LogP) is 0.695. The molecule has 1 aromatic heterocycles. The van der Waals surface area contributed by atoms with Crippen LogP contribution in [-0.2, 0) is 6.54 Å². The van der Waals surface area contributed by atoms with Crippen molar-refractivity contribution in [2.45, 2.75) is 20.4 Å². The van der Waals surface area contributed by atoms with Crippen LogP contribution in [0.4, 0.5) is 5.82 Å². The molecule has 4 heteroatoms. The van der Waals surface area contributed by atoms with Crippen molar-refractivity contribution < 1.29 is 0 Å². The number of fused-ring (bicyclic) bond motifs is 1. The fraction of sp³-hybridized carbons (Fsp3) is 0.500. The van der Waals surface area contributed by atoms with Gasteiger partial charge in [-0.1, -0.05) is 13.8 Å². The Hall–Kier alpha value is -1.32. The van der Waals surface area contributed by atoms with Crippen molar-refractivity contribution in [1.82, 2.24) is 9.55 Å². The van der Waals surface area contributed by atoms with Crippen LogP contribution in [0.2, 0.25) is 0 Å². The van der Waals surface area contributed by atoms with Crippen LogP contribution in [0.25, 0.3) is 0 Å². The number of hydrogen-bond acceptors (Lipinski definition) is 3. The number of nitrogens with one attached hydrogen (secondary N) is 1. The van der Waals surface area contributed by atoms with E-state index in [1.807, 2.05) is 13.8 Å². The molecule has 1 aromatic rings. The van der Waals surface area contributed by atoms with E-state index in [1.54, 1.807) is 10.6 Å². The number of aromatic nitrogens is 2. The molecule has 1 aliphatic rings. The molecule has 2 rings (SSSR count). The first-order valence-electron chi connectivity index (χ1n) is 4.17. The summed E-state index contributed by atoms with van der Waals surface area (Å²) in [5, 5.41) is 3.06. The van der Waals surface area contributed by atoms with Crippen molar-refractivity contribution in [1.29, 1.82) is 0 Å². The molecule has 0 aliphatic carbocycles. The fourth-order valence-corrected chi connectivity index (χ4v) is 1.10. The number of nitrogens with zero attached hydrogens (tertiary/aromatic N) is 2. The molecule has 0 bridgehead atoms. The maximum absolute atomic E-state index is 10.9. The second-order valence-corrected chi connectivity index (χ2v) is 2.19. The molecule has 0 amide bonds. The average Bonchev–Trinajstić information content (AvgIpc) is 2.57. The van der Waals surface area contributed by atoms with Crippen LogP contribution in [0.15, 0.2) is 17.1 Å². The SMILES string of the molecule is CC.O=c1nccc2n1CCN2. The lowest BCUT2D eigenvalue weighted by molar-refractivity contribution is 0.742. The zero-order valence-electron chi connectivity index (χ0n) is 7.37. The van der Waals surface area contributed by atoms with Crippen molar-refractivity contribution in [3.05, 3.63) is 22.7 Å². The second kappa shape index (κ2) is 3.90. The smallest absolute Gasteiger partial charge is 0.349 e. The summed E-state index contributed by atoms with van der Waals surface area (Å²) in [7, 11) is 0. The van der Waals surface area contributed by atoms with E-state index in [0.29, 0.717) is 0 Å². The Morgan fingerprint density at radius 3 is 3.00 bits per heavy atom. The third kappa shape index (κ3) is 1.47. The molecule has 1 N–H and O–H groups in total. The molecule has 0 aromatic carbocycles. The number of hydrogen-bond donors (Lipinski definition) is 1. The highest BCUT2D eigenvalue weighted by Crippen LogP contribution is 2.06. The second-order valence-electron chi connectivity index (χ2n) is 2.19. The van der Waals surface area contributed by atoms with Crippen LogP contribution in [0.5, 0.6) is 0 Å². The van der Waals surface area contributed by atoms with Gasteiger partial charge in [-0.25, -0.2) is 9.78 Å². The van der Waals surface area contributed by atoms with Crippen molar-refractivity contribution in [3.8, 4) is 0 Å². The normalized spacial score (nSPS) is 12.5. The Bertz CT molecular complexity index is 305. The van der Waals surface area contributed by atoms with Gasteiger partial charge < -0.3 is 5.32 Å². The van der Waals surface area contributed by atoms with Gasteiger partial charge in [-0.05, 0) is 6.07 Å². The van der Waals surface area contributed by atoms with Gasteiger partial charge in [0, 0.05) is 19.3 Å². The van der Waals surface area contributed by atoms with Gasteiger partial charge in [-0.3, -0.25) is 4.57 Å². The fourth-order valence-electron chi connectivity index (χ4n) is 1.10. The summed E-state index contributed by atoms with van der Waals surface area (Å²) in [6.45, 7) is 5.57. The molecule has 0 unspecified atom stereocenters. The first-order chi connectivity index (χ1) is 5.88. The summed E-state index contributed by atoms with van der Waals surface area (Å²) < 4.78 is 1.62. The van der Waals surface area contributed by atoms with Crippen LogP contribution in [-0.4, -0.2) is 16.1 Å². The molecular weight excluding hydrogens is 154 g/mol. The highest BCUT2D eigenvalue weighted by Gasteiger charge is 2.08. The highest BCUT2D eigenvalue weighted by atomic mass is 16.1. The summed E-state index contributed by atoms with van der Waals surface area (Å²) in [6.07, 6.45) is 1.52. The topological polar surface area (TPSA) is 46.9 Å². The van der Waals surface area contributed by atoms with E-state index >= 15 is 0 Å². The van der Waals surface area contributed by atoms with Gasteiger partial charge in [0.05, 0.1) is 0 Å².